The summed E-state index contributed by atoms with van der Waals surface area (Å²) in [6.45, 7) is 0. The first-order valence-corrected chi connectivity index (χ1v) is 5.77. The van der Waals surface area contributed by atoms with Crippen LogP contribution in [0, 0.1) is 0 Å². The molecule has 100 valence electrons. The van der Waals surface area contributed by atoms with Crippen LogP contribution in [0.5, 0.6) is 0 Å². The molecule has 0 spiro atoms. The standard InChI is InChI=1S/C14H13ClO4/c1-18-12(16)9-8-11(14(17)19-2)13(15)10-6-4-3-5-7-10/h3-9H,1-2H3/b9-8+,13-11-. The van der Waals surface area contributed by atoms with Gasteiger partial charge in [-0.05, 0) is 11.6 Å². The molecule has 1 rings (SSSR count). The summed E-state index contributed by atoms with van der Waals surface area (Å²) < 4.78 is 9.09. The fourth-order valence-corrected chi connectivity index (χ4v) is 1.57. The molecule has 0 unspecified atom stereocenters. The van der Waals surface area contributed by atoms with Crippen LogP contribution in [0.1, 0.15) is 5.56 Å². The minimum atomic E-state index is -0.631. The van der Waals surface area contributed by atoms with Crippen LogP contribution in [0.25, 0.3) is 5.03 Å². The van der Waals surface area contributed by atoms with Crippen molar-refractivity contribution in [3.05, 3.63) is 53.6 Å². The van der Waals surface area contributed by atoms with Crippen LogP contribution < -0.4 is 0 Å². The van der Waals surface area contributed by atoms with E-state index >= 15 is 0 Å². The molecule has 1 aromatic rings. The predicted octanol–water partition coefficient (Wildman–Crippen LogP) is 2.54. The van der Waals surface area contributed by atoms with E-state index in [1.54, 1.807) is 24.3 Å². The van der Waals surface area contributed by atoms with Crippen LogP contribution in [0.15, 0.2) is 48.1 Å². The zero-order valence-corrected chi connectivity index (χ0v) is 11.3. The summed E-state index contributed by atoms with van der Waals surface area (Å²) in [6, 6.07) is 8.90. The van der Waals surface area contributed by atoms with E-state index in [1.807, 2.05) is 6.07 Å². The van der Waals surface area contributed by atoms with Crippen molar-refractivity contribution in [2.75, 3.05) is 14.2 Å². The van der Waals surface area contributed by atoms with E-state index in [0.29, 0.717) is 5.56 Å². The average Bonchev–Trinajstić information content (AvgIpc) is 2.47. The van der Waals surface area contributed by atoms with Crippen molar-refractivity contribution in [3.8, 4) is 0 Å². The van der Waals surface area contributed by atoms with Crippen molar-refractivity contribution in [1.29, 1.82) is 0 Å². The van der Waals surface area contributed by atoms with Gasteiger partial charge in [-0.2, -0.15) is 0 Å². The van der Waals surface area contributed by atoms with E-state index in [1.165, 1.54) is 20.3 Å². The maximum atomic E-state index is 11.7. The molecule has 0 aliphatic rings. The second-order valence-corrected chi connectivity index (χ2v) is 3.82. The Morgan fingerprint density at radius 2 is 1.68 bits per heavy atom. The van der Waals surface area contributed by atoms with Gasteiger partial charge in [-0.1, -0.05) is 41.9 Å². The largest absolute Gasteiger partial charge is 0.466 e. The van der Waals surface area contributed by atoms with Gasteiger partial charge in [-0.25, -0.2) is 9.59 Å². The molecule has 19 heavy (non-hydrogen) atoms. The Labute approximate surface area is 116 Å². The van der Waals surface area contributed by atoms with Crippen molar-refractivity contribution in [3.63, 3.8) is 0 Å². The molecule has 0 saturated carbocycles. The van der Waals surface area contributed by atoms with E-state index in [0.717, 1.165) is 6.08 Å². The third-order valence-electron chi connectivity index (χ3n) is 2.26. The smallest absolute Gasteiger partial charge is 0.339 e. The highest BCUT2D eigenvalue weighted by molar-refractivity contribution is 6.51. The second-order valence-electron chi connectivity index (χ2n) is 3.44. The van der Waals surface area contributed by atoms with Crippen LogP contribution in [0.4, 0.5) is 0 Å². The number of benzene rings is 1. The number of esters is 2. The Morgan fingerprint density at radius 3 is 2.21 bits per heavy atom. The molecule has 0 radical (unpaired) electrons. The zero-order valence-electron chi connectivity index (χ0n) is 10.6. The van der Waals surface area contributed by atoms with E-state index < -0.39 is 11.9 Å². The molecule has 0 saturated heterocycles. The van der Waals surface area contributed by atoms with Gasteiger partial charge in [-0.3, -0.25) is 0 Å². The molecular weight excluding hydrogens is 268 g/mol. The second kappa shape index (κ2) is 7.38. The number of carbonyl (C=O) groups is 2. The first-order valence-electron chi connectivity index (χ1n) is 5.39. The van der Waals surface area contributed by atoms with Crippen molar-refractivity contribution in [1.82, 2.24) is 0 Å². The molecular formula is C14H13ClO4. The lowest BCUT2D eigenvalue weighted by molar-refractivity contribution is -0.135. The molecule has 0 heterocycles. The molecule has 1 aromatic carbocycles. The maximum absolute atomic E-state index is 11.7. The number of halogens is 1. The normalized spacial score (nSPS) is 11.9. The molecule has 0 aromatic heterocycles. The van der Waals surface area contributed by atoms with Gasteiger partial charge in [0, 0.05) is 6.08 Å². The lowest BCUT2D eigenvalue weighted by atomic mass is 10.1. The van der Waals surface area contributed by atoms with Gasteiger partial charge in [0.1, 0.15) is 0 Å². The zero-order chi connectivity index (χ0) is 14.3. The monoisotopic (exact) mass is 280 g/mol. The maximum Gasteiger partial charge on any atom is 0.339 e. The third-order valence-corrected chi connectivity index (χ3v) is 2.68. The van der Waals surface area contributed by atoms with Crippen molar-refractivity contribution < 1.29 is 19.1 Å². The summed E-state index contributed by atoms with van der Waals surface area (Å²) in [6.07, 6.45) is 2.38. The van der Waals surface area contributed by atoms with Gasteiger partial charge in [0.2, 0.25) is 0 Å². The number of hydrogen-bond donors (Lipinski definition) is 0. The van der Waals surface area contributed by atoms with Crippen molar-refractivity contribution in [2.24, 2.45) is 0 Å². The summed E-state index contributed by atoms with van der Waals surface area (Å²) in [4.78, 5) is 22.7. The van der Waals surface area contributed by atoms with Gasteiger partial charge in [0.25, 0.3) is 0 Å². The third kappa shape index (κ3) is 4.26. The summed E-state index contributed by atoms with van der Waals surface area (Å²) in [5.41, 5.74) is 0.736. The molecule has 0 amide bonds. The summed E-state index contributed by atoms with van der Waals surface area (Å²) in [7, 11) is 2.48. The van der Waals surface area contributed by atoms with Crippen LogP contribution >= 0.6 is 11.6 Å². The lowest BCUT2D eigenvalue weighted by Gasteiger charge is -2.05. The van der Waals surface area contributed by atoms with E-state index in [4.69, 9.17) is 11.6 Å². The molecule has 0 N–H and O–H groups in total. The Kier molecular flexibility index (Phi) is 5.82. The molecule has 0 aliphatic heterocycles. The highest BCUT2D eigenvalue weighted by Gasteiger charge is 2.14. The molecule has 5 heteroatoms. The first-order chi connectivity index (χ1) is 9.10. The Bertz CT molecular complexity index is 518. The van der Waals surface area contributed by atoms with Gasteiger partial charge < -0.3 is 9.47 Å². The molecule has 0 aliphatic carbocycles. The molecule has 4 nitrogen and oxygen atoms in total. The number of hydrogen-bond acceptors (Lipinski definition) is 4. The highest BCUT2D eigenvalue weighted by Crippen LogP contribution is 2.24. The summed E-state index contributed by atoms with van der Waals surface area (Å²) >= 11 is 6.15. The number of rotatable bonds is 4. The fraction of sp³-hybridized carbons (Fsp3) is 0.143. The number of carbonyl (C=O) groups excluding carboxylic acids is 2. The Morgan fingerprint density at radius 1 is 1.05 bits per heavy atom. The quantitative estimate of drug-likeness (QED) is 0.483. The highest BCUT2D eigenvalue weighted by atomic mass is 35.5. The van der Waals surface area contributed by atoms with Gasteiger partial charge in [-0.15, -0.1) is 0 Å². The first kappa shape index (κ1) is 15.0. The number of methoxy groups -OCH3 is 2. The van der Waals surface area contributed by atoms with Gasteiger partial charge >= 0.3 is 11.9 Å². The topological polar surface area (TPSA) is 52.6 Å². The van der Waals surface area contributed by atoms with Crippen LogP contribution in [-0.4, -0.2) is 26.2 Å². The summed E-state index contributed by atoms with van der Waals surface area (Å²) in [5.74, 6) is -1.21. The fourth-order valence-electron chi connectivity index (χ4n) is 1.30. The minimum absolute atomic E-state index is 0.0840. The SMILES string of the molecule is COC(=O)/C=C/C(C(=O)OC)=C(/Cl)c1ccccc1. The molecule has 0 fully saturated rings. The Balaban J connectivity index is 3.19. The number of ether oxygens (including phenoxy) is 2. The van der Waals surface area contributed by atoms with Gasteiger partial charge in [0.15, 0.2) is 0 Å². The van der Waals surface area contributed by atoms with Crippen LogP contribution in [-0.2, 0) is 19.1 Å². The van der Waals surface area contributed by atoms with E-state index in [2.05, 4.69) is 9.47 Å². The van der Waals surface area contributed by atoms with E-state index in [-0.39, 0.29) is 10.6 Å². The van der Waals surface area contributed by atoms with Crippen molar-refractivity contribution in [2.45, 2.75) is 0 Å². The molecule has 0 bridgehead atoms. The van der Waals surface area contributed by atoms with Crippen molar-refractivity contribution >= 4 is 28.6 Å². The average molecular weight is 281 g/mol. The molecule has 0 atom stereocenters. The van der Waals surface area contributed by atoms with Gasteiger partial charge in [0.05, 0.1) is 24.8 Å². The predicted molar refractivity (Wildman–Crippen MR) is 72.4 cm³/mol. The van der Waals surface area contributed by atoms with Crippen LogP contribution in [0.2, 0.25) is 0 Å². The van der Waals surface area contributed by atoms with Crippen LogP contribution in [0.3, 0.4) is 0 Å². The minimum Gasteiger partial charge on any atom is -0.466 e. The Hall–Kier alpha value is -2.07. The van der Waals surface area contributed by atoms with E-state index in [9.17, 15) is 9.59 Å². The summed E-state index contributed by atoms with van der Waals surface area (Å²) in [5, 5.41) is 0.201. The lowest BCUT2D eigenvalue weighted by Crippen LogP contribution is -2.05.